The van der Waals surface area contributed by atoms with E-state index in [1.165, 1.54) is 37.1 Å². The zero-order valence-electron chi connectivity index (χ0n) is 30.1. The number of rotatable bonds is 13. The molecule has 4 aromatic carbocycles. The maximum Gasteiger partial charge on any atom is 0.341 e. The maximum absolute atomic E-state index is 13.7. The Labute approximate surface area is 326 Å². The van der Waals surface area contributed by atoms with Crippen molar-refractivity contribution in [3.8, 4) is 5.75 Å². The fourth-order valence-corrected chi connectivity index (χ4v) is 7.78. The zero-order valence-corrected chi connectivity index (χ0v) is 31.8. The minimum Gasteiger partial charge on any atom is -0.489 e. The number of anilines is 2. The van der Waals surface area contributed by atoms with E-state index in [0.717, 1.165) is 16.0 Å². The predicted molar refractivity (Wildman–Crippen MR) is 214 cm³/mol. The number of nitrogens with zero attached hydrogens (tertiary/aromatic N) is 1. The standard InChI is InChI=1S/C42H38N4O7S2/c1-27(47)46-21-20-34-36(24-46)55-41(38(34)42(51)52-2)45-37(48)26-54-33-15-9-14-31(23-33)43-40(50)35(44-39(49)30-12-7-4-8-13-30)22-28-16-18-32(19-17-28)53-25-29-10-5-3-6-11-29/h3-19,22-23H,20-21,24-26H2,1-2H3,(H,43,50)(H,44,49)(H,45,48)/b35-22-. The second-order valence-electron chi connectivity index (χ2n) is 12.4. The second kappa shape index (κ2) is 18.2. The van der Waals surface area contributed by atoms with Gasteiger partial charge in [-0.1, -0.05) is 66.7 Å². The van der Waals surface area contributed by atoms with Crippen molar-refractivity contribution in [3.63, 3.8) is 0 Å². The lowest BCUT2D eigenvalue weighted by molar-refractivity contribution is -0.129. The Bertz CT molecular complexity index is 2220. The van der Waals surface area contributed by atoms with Crippen molar-refractivity contribution in [3.05, 3.63) is 148 Å². The van der Waals surface area contributed by atoms with Gasteiger partial charge in [0.1, 0.15) is 23.1 Å². The van der Waals surface area contributed by atoms with Gasteiger partial charge in [-0.05, 0) is 71.7 Å². The number of ether oxygens (including phenoxy) is 2. The lowest BCUT2D eigenvalue weighted by Crippen LogP contribution is -2.33. The molecule has 0 atom stereocenters. The molecular weight excluding hydrogens is 737 g/mol. The smallest absolute Gasteiger partial charge is 0.341 e. The summed E-state index contributed by atoms with van der Waals surface area (Å²) >= 11 is 2.52. The second-order valence-corrected chi connectivity index (χ2v) is 14.6. The number of hydrogen-bond acceptors (Lipinski definition) is 9. The average molecular weight is 775 g/mol. The summed E-state index contributed by atoms with van der Waals surface area (Å²) in [6.45, 7) is 2.76. The molecule has 55 heavy (non-hydrogen) atoms. The molecule has 3 N–H and O–H groups in total. The molecule has 11 nitrogen and oxygen atoms in total. The highest BCUT2D eigenvalue weighted by Crippen LogP contribution is 2.38. The van der Waals surface area contributed by atoms with Gasteiger partial charge < -0.3 is 30.3 Å². The largest absolute Gasteiger partial charge is 0.489 e. The number of amides is 4. The van der Waals surface area contributed by atoms with Crippen molar-refractivity contribution in [1.29, 1.82) is 0 Å². The molecule has 4 amide bonds. The maximum atomic E-state index is 13.7. The lowest BCUT2D eigenvalue weighted by atomic mass is 10.0. The van der Waals surface area contributed by atoms with Gasteiger partial charge >= 0.3 is 5.97 Å². The van der Waals surface area contributed by atoms with Gasteiger partial charge in [0.05, 0.1) is 25.0 Å². The number of carbonyl (C=O) groups is 5. The first kappa shape index (κ1) is 38.5. The van der Waals surface area contributed by atoms with Gasteiger partial charge in [-0.25, -0.2) is 4.79 Å². The molecule has 280 valence electrons. The molecule has 0 saturated carbocycles. The minimum absolute atomic E-state index is 0.0174. The van der Waals surface area contributed by atoms with E-state index < -0.39 is 17.8 Å². The van der Waals surface area contributed by atoms with E-state index in [2.05, 4.69) is 16.0 Å². The third-order valence-electron chi connectivity index (χ3n) is 8.57. The van der Waals surface area contributed by atoms with Gasteiger partial charge in [-0.3, -0.25) is 19.2 Å². The number of fused-ring (bicyclic) bond motifs is 1. The van der Waals surface area contributed by atoms with E-state index in [1.807, 2.05) is 36.4 Å². The number of methoxy groups -OCH3 is 1. The normalized spacial score (nSPS) is 12.3. The topological polar surface area (TPSA) is 143 Å². The van der Waals surface area contributed by atoms with Crippen molar-refractivity contribution in [2.24, 2.45) is 0 Å². The molecule has 2 heterocycles. The number of thioether (sulfide) groups is 1. The van der Waals surface area contributed by atoms with Crippen LogP contribution in [-0.4, -0.2) is 53.9 Å². The Kier molecular flexibility index (Phi) is 12.8. The molecule has 1 aliphatic rings. The first-order chi connectivity index (χ1) is 26.7. The summed E-state index contributed by atoms with van der Waals surface area (Å²) in [5, 5.41) is 8.87. The van der Waals surface area contributed by atoms with Crippen molar-refractivity contribution < 1.29 is 33.4 Å². The van der Waals surface area contributed by atoms with Crippen molar-refractivity contribution >= 4 is 69.5 Å². The molecule has 0 unspecified atom stereocenters. The summed E-state index contributed by atoms with van der Waals surface area (Å²) in [5.74, 6) is -1.26. The molecule has 0 saturated heterocycles. The van der Waals surface area contributed by atoms with Crippen LogP contribution in [0.2, 0.25) is 0 Å². The zero-order chi connectivity index (χ0) is 38.7. The summed E-state index contributed by atoms with van der Waals surface area (Å²) in [6.07, 6.45) is 2.07. The number of benzene rings is 4. The molecule has 13 heteroatoms. The van der Waals surface area contributed by atoms with Gasteiger partial charge in [0.25, 0.3) is 11.8 Å². The quantitative estimate of drug-likeness (QED) is 0.0650. The van der Waals surface area contributed by atoms with Gasteiger partial charge in [0, 0.05) is 34.5 Å². The Morgan fingerprint density at radius 2 is 1.60 bits per heavy atom. The molecule has 0 fully saturated rings. The third-order valence-corrected chi connectivity index (χ3v) is 10.7. The number of esters is 1. The Morgan fingerprint density at radius 3 is 2.31 bits per heavy atom. The van der Waals surface area contributed by atoms with Crippen LogP contribution in [0.15, 0.2) is 120 Å². The van der Waals surface area contributed by atoms with E-state index in [4.69, 9.17) is 9.47 Å². The lowest BCUT2D eigenvalue weighted by Gasteiger charge is -2.25. The van der Waals surface area contributed by atoms with Crippen LogP contribution in [0.25, 0.3) is 6.08 Å². The minimum atomic E-state index is -0.547. The SMILES string of the molecule is COC(=O)c1c(NC(=O)CSc2cccc(NC(=O)/C(=C/c3ccc(OCc4ccccc4)cc3)NC(=O)c3ccccc3)c2)sc2c1CCN(C(C)=O)C2. The van der Waals surface area contributed by atoms with Crippen molar-refractivity contribution in [2.75, 3.05) is 30.0 Å². The highest BCUT2D eigenvalue weighted by Gasteiger charge is 2.30. The average Bonchev–Trinajstić information content (AvgIpc) is 3.57. The Morgan fingerprint density at radius 1 is 0.873 bits per heavy atom. The van der Waals surface area contributed by atoms with Crippen LogP contribution in [0.3, 0.4) is 0 Å². The van der Waals surface area contributed by atoms with Crippen LogP contribution in [0.4, 0.5) is 10.7 Å². The fraction of sp³-hybridized carbons (Fsp3) is 0.167. The van der Waals surface area contributed by atoms with Crippen LogP contribution in [0.5, 0.6) is 5.75 Å². The van der Waals surface area contributed by atoms with Crippen LogP contribution >= 0.6 is 23.1 Å². The van der Waals surface area contributed by atoms with Crippen LogP contribution < -0.4 is 20.7 Å². The molecule has 1 aliphatic heterocycles. The molecule has 0 spiro atoms. The summed E-state index contributed by atoms with van der Waals surface area (Å²) < 4.78 is 10.9. The summed E-state index contributed by atoms with van der Waals surface area (Å²) in [6, 6.07) is 32.6. The van der Waals surface area contributed by atoms with E-state index in [-0.39, 0.29) is 23.3 Å². The fourth-order valence-electron chi connectivity index (χ4n) is 5.76. The van der Waals surface area contributed by atoms with E-state index in [0.29, 0.717) is 64.1 Å². The number of nitrogens with one attached hydrogen (secondary N) is 3. The molecule has 0 radical (unpaired) electrons. The van der Waals surface area contributed by atoms with Crippen molar-refractivity contribution in [1.82, 2.24) is 10.2 Å². The highest BCUT2D eigenvalue weighted by molar-refractivity contribution is 8.00. The Hall–Kier alpha value is -6.18. The van der Waals surface area contributed by atoms with Crippen molar-refractivity contribution in [2.45, 2.75) is 31.4 Å². The number of thiophene rings is 1. The van der Waals surface area contributed by atoms with Gasteiger partial charge in [-0.15, -0.1) is 23.1 Å². The monoisotopic (exact) mass is 774 g/mol. The molecule has 0 aliphatic carbocycles. The summed E-state index contributed by atoms with van der Waals surface area (Å²) in [4.78, 5) is 67.9. The van der Waals surface area contributed by atoms with Gasteiger partial charge in [-0.2, -0.15) is 0 Å². The molecule has 5 aromatic rings. The summed E-state index contributed by atoms with van der Waals surface area (Å²) in [7, 11) is 1.29. The molecule has 1 aromatic heterocycles. The van der Waals surface area contributed by atoms with E-state index >= 15 is 0 Å². The first-order valence-corrected chi connectivity index (χ1v) is 19.1. The molecular formula is C42H38N4O7S2. The third kappa shape index (κ3) is 10.3. The van der Waals surface area contributed by atoms with Gasteiger partial charge in [0.2, 0.25) is 11.8 Å². The number of hydrogen-bond donors (Lipinski definition) is 3. The Balaban J connectivity index is 1.12. The number of carbonyl (C=O) groups excluding carboxylic acids is 5. The molecule has 6 rings (SSSR count). The van der Waals surface area contributed by atoms with Gasteiger partial charge in [0.15, 0.2) is 0 Å². The first-order valence-electron chi connectivity index (χ1n) is 17.3. The van der Waals surface area contributed by atoms with Crippen LogP contribution in [0.1, 0.15) is 49.2 Å². The molecule has 0 bridgehead atoms. The highest BCUT2D eigenvalue weighted by atomic mass is 32.2. The van der Waals surface area contributed by atoms with E-state index in [9.17, 15) is 24.0 Å². The van der Waals surface area contributed by atoms with E-state index in [1.54, 1.807) is 83.8 Å². The summed E-state index contributed by atoms with van der Waals surface area (Å²) in [5.41, 5.74) is 3.68. The van der Waals surface area contributed by atoms with Crippen LogP contribution in [0, 0.1) is 0 Å². The van der Waals surface area contributed by atoms with Crippen LogP contribution in [-0.2, 0) is 38.7 Å². The predicted octanol–water partition coefficient (Wildman–Crippen LogP) is 7.16.